The molecule has 0 amide bonds. The molecule has 0 aliphatic heterocycles. The van der Waals surface area contributed by atoms with E-state index in [0.717, 1.165) is 6.42 Å². The number of aromatic nitrogens is 2. The lowest BCUT2D eigenvalue weighted by molar-refractivity contribution is 0.601. The third-order valence-corrected chi connectivity index (χ3v) is 7.33. The standard InChI is InChI=1S/C26H27N5O3S2/c1-19-24(25(32)31(30(19)2)22-13-7-4-8-14-22)29-36(33,34)23-15-9-12-21(18-23)28-26(35)27-17-16-20-10-5-3-6-11-20/h3-15,18,29H,16-17H2,1-2H3,(H2,27,28,35). The number of rotatable bonds is 8. The molecular formula is C26H27N5O3S2. The van der Waals surface area contributed by atoms with Gasteiger partial charge in [0.15, 0.2) is 5.11 Å². The number of benzene rings is 3. The van der Waals surface area contributed by atoms with Crippen LogP contribution in [0.15, 0.2) is 94.6 Å². The summed E-state index contributed by atoms with van der Waals surface area (Å²) in [5, 5.41) is 6.53. The molecule has 0 atom stereocenters. The number of hydrogen-bond donors (Lipinski definition) is 3. The van der Waals surface area contributed by atoms with Gasteiger partial charge >= 0.3 is 0 Å². The summed E-state index contributed by atoms with van der Waals surface area (Å²) in [6.45, 7) is 2.33. The fraction of sp³-hybridized carbons (Fsp3) is 0.154. The van der Waals surface area contributed by atoms with Crippen LogP contribution in [0.1, 0.15) is 11.3 Å². The topological polar surface area (TPSA) is 97.2 Å². The van der Waals surface area contributed by atoms with Gasteiger partial charge in [-0.05, 0) is 61.5 Å². The normalized spacial score (nSPS) is 11.2. The molecule has 0 radical (unpaired) electrons. The minimum Gasteiger partial charge on any atom is -0.362 e. The van der Waals surface area contributed by atoms with Crippen LogP contribution in [-0.4, -0.2) is 29.4 Å². The van der Waals surface area contributed by atoms with Crippen molar-refractivity contribution < 1.29 is 8.42 Å². The van der Waals surface area contributed by atoms with Crippen LogP contribution in [0.4, 0.5) is 11.4 Å². The Kier molecular flexibility index (Phi) is 7.56. The van der Waals surface area contributed by atoms with Crippen molar-refractivity contribution >= 4 is 38.7 Å². The summed E-state index contributed by atoms with van der Waals surface area (Å²) < 4.78 is 31.9. The molecule has 1 heterocycles. The maximum absolute atomic E-state index is 13.2. The summed E-state index contributed by atoms with van der Waals surface area (Å²) in [5.41, 5.74) is 2.38. The first-order valence-electron chi connectivity index (χ1n) is 11.3. The number of hydrogen-bond acceptors (Lipinski definition) is 4. The smallest absolute Gasteiger partial charge is 0.296 e. The maximum Gasteiger partial charge on any atom is 0.296 e. The van der Waals surface area contributed by atoms with Crippen LogP contribution in [0.2, 0.25) is 0 Å². The Balaban J connectivity index is 1.48. The van der Waals surface area contributed by atoms with Gasteiger partial charge in [0.05, 0.1) is 16.3 Å². The zero-order chi connectivity index (χ0) is 25.7. The Morgan fingerprint density at radius 1 is 0.944 bits per heavy atom. The fourth-order valence-electron chi connectivity index (χ4n) is 3.76. The van der Waals surface area contributed by atoms with Gasteiger partial charge in [-0.2, -0.15) is 0 Å². The Bertz CT molecular complexity index is 1530. The van der Waals surface area contributed by atoms with Crippen molar-refractivity contribution in [2.24, 2.45) is 7.05 Å². The molecule has 186 valence electrons. The van der Waals surface area contributed by atoms with Crippen LogP contribution >= 0.6 is 12.2 Å². The predicted molar refractivity (Wildman–Crippen MR) is 147 cm³/mol. The second-order valence-corrected chi connectivity index (χ2v) is 10.3. The Morgan fingerprint density at radius 3 is 2.31 bits per heavy atom. The highest BCUT2D eigenvalue weighted by Gasteiger charge is 2.22. The molecular weight excluding hydrogens is 494 g/mol. The molecule has 36 heavy (non-hydrogen) atoms. The first-order valence-corrected chi connectivity index (χ1v) is 13.2. The number of nitrogens with one attached hydrogen (secondary N) is 3. The van der Waals surface area contributed by atoms with E-state index in [2.05, 4.69) is 15.4 Å². The van der Waals surface area contributed by atoms with Crippen molar-refractivity contribution in [1.82, 2.24) is 14.7 Å². The quantitative estimate of drug-likeness (QED) is 0.305. The Morgan fingerprint density at radius 2 is 1.61 bits per heavy atom. The van der Waals surface area contributed by atoms with Crippen molar-refractivity contribution in [1.29, 1.82) is 0 Å². The lowest BCUT2D eigenvalue weighted by Gasteiger charge is -2.12. The van der Waals surface area contributed by atoms with E-state index in [1.807, 2.05) is 48.5 Å². The average molecular weight is 522 g/mol. The van der Waals surface area contributed by atoms with Gasteiger partial charge < -0.3 is 10.6 Å². The van der Waals surface area contributed by atoms with Gasteiger partial charge in [0, 0.05) is 19.3 Å². The Hall–Kier alpha value is -3.89. The molecule has 3 N–H and O–H groups in total. The zero-order valence-electron chi connectivity index (χ0n) is 19.9. The molecule has 4 rings (SSSR count). The highest BCUT2D eigenvalue weighted by Crippen LogP contribution is 2.21. The molecule has 4 aromatic rings. The van der Waals surface area contributed by atoms with E-state index in [-0.39, 0.29) is 10.6 Å². The van der Waals surface area contributed by atoms with E-state index < -0.39 is 15.6 Å². The minimum absolute atomic E-state index is 0.00202. The van der Waals surface area contributed by atoms with Crippen molar-refractivity contribution in [2.75, 3.05) is 16.6 Å². The molecule has 0 spiro atoms. The summed E-state index contributed by atoms with van der Waals surface area (Å²) in [5.74, 6) is 0. The zero-order valence-corrected chi connectivity index (χ0v) is 21.6. The number of para-hydroxylation sites is 1. The summed E-state index contributed by atoms with van der Waals surface area (Å²) in [6, 6.07) is 25.3. The van der Waals surface area contributed by atoms with Crippen LogP contribution in [0.3, 0.4) is 0 Å². The highest BCUT2D eigenvalue weighted by atomic mass is 32.2. The third-order valence-electron chi connectivity index (χ3n) is 5.73. The predicted octanol–water partition coefficient (Wildman–Crippen LogP) is 3.81. The van der Waals surface area contributed by atoms with E-state index in [4.69, 9.17) is 12.2 Å². The molecule has 3 aromatic carbocycles. The Labute approximate surface area is 215 Å². The maximum atomic E-state index is 13.2. The highest BCUT2D eigenvalue weighted by molar-refractivity contribution is 7.92. The lowest BCUT2D eigenvalue weighted by Crippen LogP contribution is -2.30. The molecule has 0 saturated heterocycles. The number of anilines is 2. The molecule has 8 nitrogen and oxygen atoms in total. The number of thiocarbonyl (C=S) groups is 1. The van der Waals surface area contributed by atoms with Gasteiger partial charge in [-0.15, -0.1) is 0 Å². The summed E-state index contributed by atoms with van der Waals surface area (Å²) in [4.78, 5) is 13.1. The van der Waals surface area contributed by atoms with Gasteiger partial charge in [0.2, 0.25) is 0 Å². The first-order chi connectivity index (χ1) is 17.3. The SMILES string of the molecule is Cc1c(NS(=O)(=O)c2cccc(NC(=S)NCCc3ccccc3)c2)c(=O)n(-c2ccccc2)n1C. The number of sulfonamides is 1. The second kappa shape index (κ2) is 10.8. The van der Waals surface area contributed by atoms with Crippen LogP contribution < -0.4 is 20.9 Å². The molecule has 0 fully saturated rings. The molecule has 10 heteroatoms. The monoisotopic (exact) mass is 521 g/mol. The van der Waals surface area contributed by atoms with Crippen molar-refractivity contribution in [2.45, 2.75) is 18.2 Å². The molecule has 0 unspecified atom stereocenters. The van der Waals surface area contributed by atoms with E-state index in [9.17, 15) is 13.2 Å². The largest absolute Gasteiger partial charge is 0.362 e. The minimum atomic E-state index is -4.04. The van der Waals surface area contributed by atoms with E-state index in [1.165, 1.54) is 22.4 Å². The van der Waals surface area contributed by atoms with Crippen molar-refractivity contribution in [3.8, 4) is 5.69 Å². The van der Waals surface area contributed by atoms with E-state index in [1.54, 1.807) is 42.9 Å². The second-order valence-electron chi connectivity index (χ2n) is 8.19. The molecule has 0 saturated carbocycles. The molecule has 0 aliphatic carbocycles. The molecule has 0 aliphatic rings. The lowest BCUT2D eigenvalue weighted by atomic mass is 10.1. The summed E-state index contributed by atoms with van der Waals surface area (Å²) in [6.07, 6.45) is 0.804. The molecule has 1 aromatic heterocycles. The van der Waals surface area contributed by atoms with Gasteiger partial charge in [-0.3, -0.25) is 14.2 Å². The van der Waals surface area contributed by atoms with Crippen LogP contribution in [-0.2, 0) is 23.5 Å². The van der Waals surface area contributed by atoms with Gasteiger partial charge in [-0.1, -0.05) is 54.6 Å². The van der Waals surface area contributed by atoms with Crippen LogP contribution in [0.25, 0.3) is 5.69 Å². The summed E-state index contributed by atoms with van der Waals surface area (Å²) >= 11 is 5.36. The van der Waals surface area contributed by atoms with Gasteiger partial charge in [0.1, 0.15) is 5.69 Å². The van der Waals surface area contributed by atoms with Gasteiger partial charge in [0.25, 0.3) is 15.6 Å². The van der Waals surface area contributed by atoms with Gasteiger partial charge in [-0.25, -0.2) is 13.1 Å². The summed E-state index contributed by atoms with van der Waals surface area (Å²) in [7, 11) is -2.33. The molecule has 0 bridgehead atoms. The van der Waals surface area contributed by atoms with E-state index in [0.29, 0.717) is 28.7 Å². The first kappa shape index (κ1) is 25.2. The van der Waals surface area contributed by atoms with Crippen LogP contribution in [0, 0.1) is 6.92 Å². The average Bonchev–Trinajstić information content (AvgIpc) is 3.08. The third kappa shape index (κ3) is 5.67. The number of nitrogens with zero attached hydrogens (tertiary/aromatic N) is 2. The fourth-order valence-corrected chi connectivity index (χ4v) is 5.14. The van der Waals surface area contributed by atoms with Crippen molar-refractivity contribution in [3.05, 3.63) is 107 Å². The van der Waals surface area contributed by atoms with Crippen molar-refractivity contribution in [3.63, 3.8) is 0 Å². The van der Waals surface area contributed by atoms with Crippen LogP contribution in [0.5, 0.6) is 0 Å². The van der Waals surface area contributed by atoms with E-state index >= 15 is 0 Å².